The van der Waals surface area contributed by atoms with Crippen LogP contribution < -0.4 is 0 Å². The van der Waals surface area contributed by atoms with Gasteiger partial charge in [-0.1, -0.05) is 18.6 Å². The summed E-state index contributed by atoms with van der Waals surface area (Å²) >= 11 is 0. The Bertz CT molecular complexity index is 664. The number of hydrogen-bond donors (Lipinski definition) is 1. The third kappa shape index (κ3) is 3.10. The first-order valence-electron chi connectivity index (χ1n) is 7.02. The Hall–Kier alpha value is -1.42. The largest absolute Gasteiger partial charge is 0.393 e. The summed E-state index contributed by atoms with van der Waals surface area (Å²) in [5, 5.41) is 19.0. The van der Waals surface area contributed by atoms with E-state index in [4.69, 9.17) is 0 Å². The first-order chi connectivity index (χ1) is 9.87. The van der Waals surface area contributed by atoms with Gasteiger partial charge in [0.1, 0.15) is 11.0 Å². The maximum Gasteiger partial charge on any atom is 0.244 e. The summed E-state index contributed by atoms with van der Waals surface area (Å²) in [5.41, 5.74) is 0.837. The van der Waals surface area contributed by atoms with Crippen LogP contribution in [0.4, 0.5) is 0 Å². The van der Waals surface area contributed by atoms with E-state index in [1.54, 1.807) is 19.1 Å². The van der Waals surface area contributed by atoms with E-state index in [1.807, 2.05) is 6.07 Å². The Kier molecular flexibility index (Phi) is 4.67. The van der Waals surface area contributed by atoms with Crippen LogP contribution in [0.3, 0.4) is 0 Å². The van der Waals surface area contributed by atoms with Crippen molar-refractivity contribution in [3.63, 3.8) is 0 Å². The van der Waals surface area contributed by atoms with Gasteiger partial charge in [-0.25, -0.2) is 12.7 Å². The Morgan fingerprint density at radius 3 is 2.71 bits per heavy atom. The molecule has 0 spiro atoms. The van der Waals surface area contributed by atoms with Gasteiger partial charge in [0.15, 0.2) is 0 Å². The number of benzene rings is 1. The highest BCUT2D eigenvalue weighted by Crippen LogP contribution is 2.28. The summed E-state index contributed by atoms with van der Waals surface area (Å²) in [5.74, 6) is -0.0277. The van der Waals surface area contributed by atoms with Crippen molar-refractivity contribution < 1.29 is 13.5 Å². The van der Waals surface area contributed by atoms with Gasteiger partial charge in [-0.15, -0.1) is 0 Å². The molecule has 1 N–H and O–H groups in total. The third-order valence-electron chi connectivity index (χ3n) is 4.15. The molecule has 1 saturated carbocycles. The van der Waals surface area contributed by atoms with Crippen molar-refractivity contribution in [2.24, 2.45) is 5.92 Å². The van der Waals surface area contributed by atoms with Crippen LogP contribution in [0, 0.1) is 24.2 Å². The summed E-state index contributed by atoms with van der Waals surface area (Å²) in [4.78, 5) is 0.0417. The zero-order chi connectivity index (χ0) is 15.6. The lowest BCUT2D eigenvalue weighted by atomic mass is 10.1. The third-order valence-corrected chi connectivity index (χ3v) is 6.01. The molecule has 0 radical (unpaired) electrons. The normalized spacial score (nSPS) is 22.4. The van der Waals surface area contributed by atoms with Gasteiger partial charge in [0.05, 0.1) is 11.7 Å². The molecule has 0 aliphatic heterocycles. The van der Waals surface area contributed by atoms with Gasteiger partial charge in [0, 0.05) is 13.6 Å². The SMILES string of the molecule is Cc1cccc(S(=O)(=O)N(C)CC2CCCC2O)c1C#N. The number of aryl methyl sites for hydroxylation is 1. The monoisotopic (exact) mass is 308 g/mol. The zero-order valence-electron chi connectivity index (χ0n) is 12.3. The average Bonchev–Trinajstić information content (AvgIpc) is 2.84. The van der Waals surface area contributed by atoms with Crippen LogP contribution in [0.2, 0.25) is 0 Å². The lowest BCUT2D eigenvalue weighted by Gasteiger charge is -2.23. The molecule has 0 saturated heterocycles. The van der Waals surface area contributed by atoms with Crippen molar-refractivity contribution in [1.82, 2.24) is 4.31 Å². The van der Waals surface area contributed by atoms with E-state index in [0.29, 0.717) is 5.56 Å². The molecule has 114 valence electrons. The van der Waals surface area contributed by atoms with Crippen LogP contribution in [-0.2, 0) is 10.0 Å². The molecular weight excluding hydrogens is 288 g/mol. The summed E-state index contributed by atoms with van der Waals surface area (Å²) in [7, 11) is -2.21. The van der Waals surface area contributed by atoms with Crippen molar-refractivity contribution in [2.45, 2.75) is 37.2 Å². The first kappa shape index (κ1) is 16.0. The minimum atomic E-state index is -3.72. The lowest BCUT2D eigenvalue weighted by molar-refractivity contribution is 0.123. The molecule has 0 bridgehead atoms. The quantitative estimate of drug-likeness (QED) is 0.917. The molecule has 1 aromatic rings. The molecule has 2 unspecified atom stereocenters. The smallest absolute Gasteiger partial charge is 0.244 e. The standard InChI is InChI=1S/C15H20N2O3S/c1-11-5-3-8-15(13(11)9-16)21(19,20)17(2)10-12-6-4-7-14(12)18/h3,5,8,12,14,18H,4,6-7,10H2,1-2H3. The summed E-state index contributed by atoms with van der Waals surface area (Å²) in [6.45, 7) is 2.00. The minimum Gasteiger partial charge on any atom is -0.393 e. The predicted molar refractivity (Wildman–Crippen MR) is 79.1 cm³/mol. The number of nitrogens with zero attached hydrogens (tertiary/aromatic N) is 2. The molecule has 5 nitrogen and oxygen atoms in total. The summed E-state index contributed by atoms with van der Waals surface area (Å²) in [6.07, 6.45) is 2.05. The van der Waals surface area contributed by atoms with Crippen LogP contribution >= 0.6 is 0 Å². The highest BCUT2D eigenvalue weighted by atomic mass is 32.2. The number of nitriles is 1. The topological polar surface area (TPSA) is 81.4 Å². The minimum absolute atomic E-state index is 0.0277. The fourth-order valence-corrected chi connectivity index (χ4v) is 4.26. The fourth-order valence-electron chi connectivity index (χ4n) is 2.83. The van der Waals surface area contributed by atoms with E-state index in [-0.39, 0.29) is 22.9 Å². The van der Waals surface area contributed by atoms with Gasteiger partial charge in [0.2, 0.25) is 10.0 Å². The molecule has 1 aromatic carbocycles. The maximum atomic E-state index is 12.7. The Balaban J connectivity index is 2.30. The molecule has 1 fully saturated rings. The van der Waals surface area contributed by atoms with Crippen molar-refractivity contribution in [3.8, 4) is 6.07 Å². The van der Waals surface area contributed by atoms with Crippen LogP contribution in [0.5, 0.6) is 0 Å². The highest BCUT2D eigenvalue weighted by Gasteiger charge is 2.31. The fraction of sp³-hybridized carbons (Fsp3) is 0.533. The molecule has 0 amide bonds. The van der Waals surface area contributed by atoms with Gasteiger partial charge in [-0.05, 0) is 37.3 Å². The van der Waals surface area contributed by atoms with Gasteiger partial charge in [-0.3, -0.25) is 0 Å². The Labute approximate surface area is 125 Å². The van der Waals surface area contributed by atoms with Gasteiger partial charge < -0.3 is 5.11 Å². The van der Waals surface area contributed by atoms with Crippen LogP contribution in [0.25, 0.3) is 0 Å². The predicted octanol–water partition coefficient (Wildman–Crippen LogP) is 1.65. The van der Waals surface area contributed by atoms with E-state index in [0.717, 1.165) is 19.3 Å². The second-order valence-electron chi connectivity index (χ2n) is 5.60. The summed E-state index contributed by atoms with van der Waals surface area (Å²) in [6, 6.07) is 6.79. The average molecular weight is 308 g/mol. The Morgan fingerprint density at radius 1 is 1.43 bits per heavy atom. The Morgan fingerprint density at radius 2 is 2.14 bits per heavy atom. The molecule has 0 heterocycles. The molecule has 2 rings (SSSR count). The van der Waals surface area contributed by atoms with E-state index < -0.39 is 16.1 Å². The van der Waals surface area contributed by atoms with E-state index in [2.05, 4.69) is 0 Å². The molecule has 1 aliphatic rings. The van der Waals surface area contributed by atoms with Crippen molar-refractivity contribution in [3.05, 3.63) is 29.3 Å². The molecule has 6 heteroatoms. The van der Waals surface area contributed by atoms with Crippen LogP contribution in [-0.4, -0.2) is 37.5 Å². The lowest BCUT2D eigenvalue weighted by Crippen LogP contribution is -2.34. The van der Waals surface area contributed by atoms with Crippen molar-refractivity contribution >= 4 is 10.0 Å². The van der Waals surface area contributed by atoms with E-state index in [9.17, 15) is 18.8 Å². The van der Waals surface area contributed by atoms with E-state index >= 15 is 0 Å². The van der Waals surface area contributed by atoms with E-state index in [1.165, 1.54) is 17.4 Å². The van der Waals surface area contributed by atoms with Crippen molar-refractivity contribution in [2.75, 3.05) is 13.6 Å². The van der Waals surface area contributed by atoms with Gasteiger partial charge in [0.25, 0.3) is 0 Å². The second kappa shape index (κ2) is 6.14. The second-order valence-corrected chi connectivity index (χ2v) is 7.62. The van der Waals surface area contributed by atoms with Gasteiger partial charge in [-0.2, -0.15) is 5.26 Å². The molecule has 2 atom stereocenters. The number of sulfonamides is 1. The molecule has 1 aliphatic carbocycles. The van der Waals surface area contributed by atoms with Crippen molar-refractivity contribution in [1.29, 1.82) is 5.26 Å². The highest BCUT2D eigenvalue weighted by molar-refractivity contribution is 7.89. The molecule has 21 heavy (non-hydrogen) atoms. The number of aliphatic hydroxyl groups is 1. The number of rotatable bonds is 4. The number of hydrogen-bond acceptors (Lipinski definition) is 4. The molecular formula is C15H20N2O3S. The van der Waals surface area contributed by atoms with Crippen LogP contribution in [0.1, 0.15) is 30.4 Å². The zero-order valence-corrected chi connectivity index (χ0v) is 13.1. The summed E-state index contributed by atoms with van der Waals surface area (Å²) < 4.78 is 26.6. The first-order valence-corrected chi connectivity index (χ1v) is 8.46. The van der Waals surface area contributed by atoms with Gasteiger partial charge >= 0.3 is 0 Å². The van der Waals surface area contributed by atoms with Crippen LogP contribution in [0.15, 0.2) is 23.1 Å². The maximum absolute atomic E-state index is 12.7. The molecule has 0 aromatic heterocycles. The number of aliphatic hydroxyl groups excluding tert-OH is 1.